The zero-order chi connectivity index (χ0) is 19.5. The first kappa shape index (κ1) is 18.3. The number of hydroxylamine groups is 2. The van der Waals surface area contributed by atoms with Gasteiger partial charge >= 0.3 is 0 Å². The molecule has 0 spiro atoms. The van der Waals surface area contributed by atoms with Crippen LogP contribution in [-0.2, 0) is 14.4 Å². The van der Waals surface area contributed by atoms with Crippen LogP contribution in [0.3, 0.4) is 0 Å². The highest BCUT2D eigenvalue weighted by molar-refractivity contribution is 6.05. The summed E-state index contributed by atoms with van der Waals surface area (Å²) in [4.78, 5) is 44.6. The van der Waals surface area contributed by atoms with Crippen molar-refractivity contribution in [2.75, 3.05) is 13.7 Å². The fourth-order valence-corrected chi connectivity index (χ4v) is 4.97. The van der Waals surface area contributed by atoms with Crippen molar-refractivity contribution < 1.29 is 19.2 Å². The maximum atomic E-state index is 13.5. The van der Waals surface area contributed by atoms with Gasteiger partial charge in [-0.25, -0.2) is 10.0 Å². The van der Waals surface area contributed by atoms with E-state index in [9.17, 15) is 14.4 Å². The summed E-state index contributed by atoms with van der Waals surface area (Å²) in [5.74, 6) is -0.961. The third-order valence-electron chi connectivity index (χ3n) is 6.08. The standard InChI is InChI=1S/C20H25N3O4/c1-5-21-20(2,3)11-16(24)22(21)19(26)14-10-15-18(25)13-9-7-6-8-12(13)17(14)23(15)27-4/h6-9,14-15,17H,5,10-11H2,1-4H3/t14-,15+,17+/m0/s1. The highest BCUT2D eigenvalue weighted by Crippen LogP contribution is 2.48. The van der Waals surface area contributed by atoms with Crippen molar-refractivity contribution in [2.24, 2.45) is 5.92 Å². The molecule has 2 bridgehead atoms. The SMILES string of the molecule is CCN1N(C(=O)[C@H]2C[C@@H]3C(=O)c4ccccc4[C@H]2N3OC)C(=O)CC1(C)C. The minimum absolute atomic E-state index is 0.0283. The van der Waals surface area contributed by atoms with Crippen molar-refractivity contribution in [1.82, 2.24) is 15.1 Å². The molecule has 1 aromatic carbocycles. The molecule has 0 radical (unpaired) electrons. The van der Waals surface area contributed by atoms with Crippen LogP contribution in [0, 0.1) is 5.92 Å². The van der Waals surface area contributed by atoms with E-state index < -0.39 is 17.5 Å². The van der Waals surface area contributed by atoms with Crippen LogP contribution in [-0.4, -0.2) is 57.9 Å². The Morgan fingerprint density at radius 1 is 1.26 bits per heavy atom. The first-order valence-electron chi connectivity index (χ1n) is 9.41. The normalized spacial score (nSPS) is 30.1. The van der Waals surface area contributed by atoms with E-state index in [0.717, 1.165) is 5.56 Å². The van der Waals surface area contributed by atoms with Crippen molar-refractivity contribution in [3.8, 4) is 0 Å². The highest BCUT2D eigenvalue weighted by Gasteiger charge is 2.57. The largest absolute Gasteiger partial charge is 0.301 e. The van der Waals surface area contributed by atoms with E-state index >= 15 is 0 Å². The van der Waals surface area contributed by atoms with Crippen molar-refractivity contribution in [2.45, 2.75) is 51.2 Å². The van der Waals surface area contributed by atoms with Crippen LogP contribution in [0.1, 0.15) is 55.6 Å². The molecule has 0 aromatic heterocycles. The Morgan fingerprint density at radius 3 is 2.63 bits per heavy atom. The highest BCUT2D eigenvalue weighted by atomic mass is 16.7. The lowest BCUT2D eigenvalue weighted by atomic mass is 9.90. The number of fused-ring (bicyclic) bond motifs is 4. The summed E-state index contributed by atoms with van der Waals surface area (Å²) < 4.78 is 0. The van der Waals surface area contributed by atoms with Gasteiger partial charge in [0.25, 0.3) is 0 Å². The average Bonchev–Trinajstić information content (AvgIpc) is 3.09. The molecule has 0 saturated carbocycles. The van der Waals surface area contributed by atoms with E-state index in [-0.39, 0.29) is 23.6 Å². The van der Waals surface area contributed by atoms with Crippen molar-refractivity contribution in [3.05, 3.63) is 35.4 Å². The second-order valence-corrected chi connectivity index (χ2v) is 8.05. The quantitative estimate of drug-likeness (QED) is 0.757. The Kier molecular flexibility index (Phi) is 4.21. The van der Waals surface area contributed by atoms with Gasteiger partial charge in [0.15, 0.2) is 5.78 Å². The number of nitrogens with zero attached hydrogens (tertiary/aromatic N) is 3. The second-order valence-electron chi connectivity index (χ2n) is 8.05. The van der Waals surface area contributed by atoms with E-state index in [0.29, 0.717) is 24.9 Å². The molecule has 3 heterocycles. The number of imide groups is 1. The Morgan fingerprint density at radius 2 is 1.96 bits per heavy atom. The van der Waals surface area contributed by atoms with Gasteiger partial charge in [0, 0.05) is 24.1 Å². The van der Waals surface area contributed by atoms with Crippen molar-refractivity contribution in [1.29, 1.82) is 0 Å². The fraction of sp³-hybridized carbons (Fsp3) is 0.550. The van der Waals surface area contributed by atoms with E-state index in [2.05, 4.69) is 0 Å². The van der Waals surface area contributed by atoms with Crippen LogP contribution < -0.4 is 0 Å². The minimum Gasteiger partial charge on any atom is -0.301 e. The molecule has 7 heteroatoms. The molecule has 3 atom stereocenters. The summed E-state index contributed by atoms with van der Waals surface area (Å²) in [6.07, 6.45) is 0.656. The van der Waals surface area contributed by atoms with Gasteiger partial charge in [-0.1, -0.05) is 31.2 Å². The summed E-state index contributed by atoms with van der Waals surface area (Å²) in [6.45, 7) is 6.44. The molecule has 1 aromatic rings. The van der Waals surface area contributed by atoms with E-state index in [1.54, 1.807) is 11.1 Å². The van der Waals surface area contributed by atoms with Crippen LogP contribution >= 0.6 is 0 Å². The Labute approximate surface area is 158 Å². The topological polar surface area (TPSA) is 70.2 Å². The predicted octanol–water partition coefficient (Wildman–Crippen LogP) is 1.95. The van der Waals surface area contributed by atoms with Gasteiger partial charge in [-0.15, -0.1) is 0 Å². The number of rotatable bonds is 3. The molecule has 144 valence electrons. The number of amides is 2. The van der Waals surface area contributed by atoms with Crippen LogP contribution in [0.25, 0.3) is 0 Å². The Balaban J connectivity index is 1.74. The van der Waals surface area contributed by atoms with Crippen molar-refractivity contribution >= 4 is 17.6 Å². The third-order valence-corrected chi connectivity index (χ3v) is 6.08. The summed E-state index contributed by atoms with van der Waals surface area (Å²) in [7, 11) is 1.52. The zero-order valence-corrected chi connectivity index (χ0v) is 16.1. The number of benzene rings is 1. The molecule has 4 rings (SSSR count). The number of hydrazine groups is 1. The molecule has 2 saturated heterocycles. The Bertz CT molecular complexity index is 821. The van der Waals surface area contributed by atoms with Gasteiger partial charge in [0.1, 0.15) is 0 Å². The smallest absolute Gasteiger partial charge is 0.249 e. The molecule has 2 amide bonds. The monoisotopic (exact) mass is 371 g/mol. The zero-order valence-electron chi connectivity index (χ0n) is 16.1. The van der Waals surface area contributed by atoms with Crippen LogP contribution in [0.5, 0.6) is 0 Å². The summed E-state index contributed by atoms with van der Waals surface area (Å²) in [6, 6.07) is 6.52. The lowest BCUT2D eigenvalue weighted by Crippen LogP contribution is -2.52. The van der Waals surface area contributed by atoms with Crippen LogP contribution in [0.2, 0.25) is 0 Å². The first-order valence-corrected chi connectivity index (χ1v) is 9.41. The van der Waals surface area contributed by atoms with Gasteiger partial charge < -0.3 is 4.84 Å². The van der Waals surface area contributed by atoms with Crippen molar-refractivity contribution in [3.63, 3.8) is 0 Å². The molecule has 0 aliphatic carbocycles. The molecule has 7 nitrogen and oxygen atoms in total. The molecular weight excluding hydrogens is 346 g/mol. The predicted molar refractivity (Wildman–Crippen MR) is 97.2 cm³/mol. The van der Waals surface area contributed by atoms with Gasteiger partial charge in [-0.2, -0.15) is 5.06 Å². The van der Waals surface area contributed by atoms with Gasteiger partial charge in [-0.05, 0) is 25.8 Å². The number of carbonyl (C=O) groups is 3. The molecule has 0 unspecified atom stereocenters. The first-order chi connectivity index (χ1) is 12.8. The number of hydrogen-bond acceptors (Lipinski definition) is 6. The Hall–Kier alpha value is -2.09. The third kappa shape index (κ3) is 2.49. The van der Waals surface area contributed by atoms with E-state index in [1.165, 1.54) is 12.1 Å². The number of Topliss-reactive ketones (excluding diaryl/α,β-unsaturated/α-hetero) is 1. The molecule has 3 aliphatic rings. The lowest BCUT2D eigenvalue weighted by Gasteiger charge is -2.37. The lowest BCUT2D eigenvalue weighted by molar-refractivity contribution is -0.177. The molecule has 3 aliphatic heterocycles. The maximum Gasteiger partial charge on any atom is 0.249 e. The molecule has 2 fully saturated rings. The number of carbonyl (C=O) groups excluding carboxylic acids is 3. The minimum atomic E-state index is -0.505. The van der Waals surface area contributed by atoms with Crippen LogP contribution in [0.15, 0.2) is 24.3 Å². The van der Waals surface area contributed by atoms with E-state index in [4.69, 9.17) is 4.84 Å². The van der Waals surface area contributed by atoms with Crippen LogP contribution in [0.4, 0.5) is 0 Å². The number of ketones is 1. The summed E-state index contributed by atoms with van der Waals surface area (Å²) >= 11 is 0. The molecule has 27 heavy (non-hydrogen) atoms. The second kappa shape index (κ2) is 6.22. The average molecular weight is 371 g/mol. The number of hydrogen-bond donors (Lipinski definition) is 0. The summed E-state index contributed by atoms with van der Waals surface area (Å²) in [5, 5.41) is 4.78. The van der Waals surface area contributed by atoms with Gasteiger partial charge in [0.2, 0.25) is 11.8 Å². The van der Waals surface area contributed by atoms with E-state index in [1.807, 2.05) is 44.0 Å². The molecule has 0 N–H and O–H groups in total. The summed E-state index contributed by atoms with van der Waals surface area (Å²) in [5.41, 5.74) is 1.05. The van der Waals surface area contributed by atoms with Gasteiger partial charge in [0.05, 0.1) is 25.1 Å². The maximum absolute atomic E-state index is 13.5. The fourth-order valence-electron chi connectivity index (χ4n) is 4.97. The molecular formula is C20H25N3O4. The van der Waals surface area contributed by atoms with Gasteiger partial charge in [-0.3, -0.25) is 14.4 Å².